The van der Waals surface area contributed by atoms with E-state index < -0.39 is 0 Å². The second kappa shape index (κ2) is 3.83. The van der Waals surface area contributed by atoms with Crippen molar-refractivity contribution >= 4 is 16.6 Å². The Morgan fingerprint density at radius 3 is 2.82 bits per heavy atom. The van der Waals surface area contributed by atoms with Crippen molar-refractivity contribution in [1.29, 1.82) is 0 Å². The highest BCUT2D eigenvalue weighted by Gasteiger charge is 2.05. The number of anilines is 1. The first-order valence-corrected chi connectivity index (χ1v) is 5.26. The number of rotatable bonds is 1. The van der Waals surface area contributed by atoms with E-state index in [2.05, 4.69) is 15.0 Å². The molecule has 0 saturated heterocycles. The van der Waals surface area contributed by atoms with Crippen molar-refractivity contribution in [2.75, 3.05) is 5.73 Å². The molecule has 0 radical (unpaired) electrons. The lowest BCUT2D eigenvalue weighted by atomic mass is 10.1. The number of hydrogen-bond acceptors (Lipinski definition) is 4. The molecule has 0 unspecified atom stereocenters. The van der Waals surface area contributed by atoms with Crippen molar-refractivity contribution in [2.24, 2.45) is 0 Å². The van der Waals surface area contributed by atoms with Gasteiger partial charge in [0.1, 0.15) is 5.82 Å². The van der Waals surface area contributed by atoms with Crippen LogP contribution < -0.4 is 5.73 Å². The van der Waals surface area contributed by atoms with E-state index in [0.29, 0.717) is 11.6 Å². The lowest BCUT2D eigenvalue weighted by molar-refractivity contribution is 1.19. The van der Waals surface area contributed by atoms with Crippen molar-refractivity contribution in [2.45, 2.75) is 0 Å². The molecular weight excluding hydrogens is 212 g/mol. The van der Waals surface area contributed by atoms with E-state index in [0.717, 1.165) is 16.3 Å². The lowest BCUT2D eigenvalue weighted by Crippen LogP contribution is -1.95. The quantitative estimate of drug-likeness (QED) is 0.686. The number of nitrogen functional groups attached to an aromatic ring is 1. The highest BCUT2D eigenvalue weighted by molar-refractivity contribution is 5.94. The zero-order valence-electron chi connectivity index (χ0n) is 9.04. The minimum atomic E-state index is 0.473. The van der Waals surface area contributed by atoms with Crippen molar-refractivity contribution in [3.05, 3.63) is 48.9 Å². The molecular formula is C13H10N4. The number of fused-ring (bicyclic) bond motifs is 1. The van der Waals surface area contributed by atoms with Crippen molar-refractivity contribution in [3.8, 4) is 11.4 Å². The largest absolute Gasteiger partial charge is 0.384 e. The topological polar surface area (TPSA) is 64.7 Å². The molecule has 4 heteroatoms. The molecule has 17 heavy (non-hydrogen) atoms. The Morgan fingerprint density at radius 1 is 1.00 bits per heavy atom. The van der Waals surface area contributed by atoms with Gasteiger partial charge in [0.15, 0.2) is 5.82 Å². The number of benzene rings is 1. The Bertz CT molecular complexity index is 674. The van der Waals surface area contributed by atoms with Crippen LogP contribution in [-0.2, 0) is 0 Å². The first kappa shape index (κ1) is 9.72. The fourth-order valence-electron chi connectivity index (χ4n) is 1.82. The first-order chi connectivity index (χ1) is 8.34. The summed E-state index contributed by atoms with van der Waals surface area (Å²) in [6, 6.07) is 9.59. The molecule has 0 spiro atoms. The van der Waals surface area contributed by atoms with Gasteiger partial charge in [-0.05, 0) is 17.5 Å². The zero-order chi connectivity index (χ0) is 11.7. The summed E-state index contributed by atoms with van der Waals surface area (Å²) in [6.45, 7) is 0. The molecule has 0 fully saturated rings. The molecule has 4 nitrogen and oxygen atoms in total. The molecule has 2 aromatic heterocycles. The van der Waals surface area contributed by atoms with Gasteiger partial charge in [-0.1, -0.05) is 18.2 Å². The number of pyridine rings is 1. The molecule has 2 N–H and O–H groups in total. The third-order valence-corrected chi connectivity index (χ3v) is 2.60. The molecule has 3 rings (SSSR count). The molecule has 1 aromatic carbocycles. The molecule has 0 saturated carbocycles. The van der Waals surface area contributed by atoms with E-state index in [-0.39, 0.29) is 0 Å². The molecule has 0 aliphatic heterocycles. The highest BCUT2D eigenvalue weighted by atomic mass is 14.9. The summed E-state index contributed by atoms with van der Waals surface area (Å²) in [7, 11) is 0. The van der Waals surface area contributed by atoms with Crippen LogP contribution in [0.4, 0.5) is 5.82 Å². The summed E-state index contributed by atoms with van der Waals surface area (Å²) in [5.74, 6) is 1.11. The number of hydrogen-bond donors (Lipinski definition) is 1. The van der Waals surface area contributed by atoms with Gasteiger partial charge in [-0.2, -0.15) is 0 Å². The standard InChI is InChI=1S/C13H10N4/c14-12-5-7-16-13(17-12)11-3-1-2-9-8-15-6-4-10(9)11/h1-8H,(H2,14,16,17). The molecule has 0 atom stereocenters. The molecule has 3 aromatic rings. The smallest absolute Gasteiger partial charge is 0.162 e. The molecule has 0 aliphatic carbocycles. The lowest BCUT2D eigenvalue weighted by Gasteiger charge is -2.04. The maximum Gasteiger partial charge on any atom is 0.162 e. The molecule has 82 valence electrons. The maximum absolute atomic E-state index is 5.68. The Labute approximate surface area is 98.2 Å². The van der Waals surface area contributed by atoms with Crippen LogP contribution in [0.2, 0.25) is 0 Å². The average Bonchev–Trinajstić information content (AvgIpc) is 2.38. The summed E-state index contributed by atoms with van der Waals surface area (Å²) < 4.78 is 0. The van der Waals surface area contributed by atoms with E-state index in [1.54, 1.807) is 18.5 Å². The van der Waals surface area contributed by atoms with Crippen LogP contribution in [0, 0.1) is 0 Å². The summed E-state index contributed by atoms with van der Waals surface area (Å²) in [4.78, 5) is 12.6. The van der Waals surface area contributed by atoms with Crippen molar-refractivity contribution < 1.29 is 0 Å². The summed E-state index contributed by atoms with van der Waals surface area (Å²) in [5.41, 5.74) is 6.65. The first-order valence-electron chi connectivity index (χ1n) is 5.26. The monoisotopic (exact) mass is 222 g/mol. The third kappa shape index (κ3) is 1.69. The molecule has 0 bridgehead atoms. The number of aromatic nitrogens is 3. The Morgan fingerprint density at radius 2 is 1.94 bits per heavy atom. The van der Waals surface area contributed by atoms with E-state index in [1.165, 1.54) is 0 Å². The van der Waals surface area contributed by atoms with Crippen LogP contribution in [0.15, 0.2) is 48.9 Å². The van der Waals surface area contributed by atoms with E-state index in [4.69, 9.17) is 5.73 Å². The van der Waals surface area contributed by atoms with Crippen LogP contribution in [0.25, 0.3) is 22.2 Å². The van der Waals surface area contributed by atoms with Gasteiger partial charge in [0, 0.05) is 29.5 Å². The highest BCUT2D eigenvalue weighted by Crippen LogP contribution is 2.25. The SMILES string of the molecule is Nc1ccnc(-c2cccc3cnccc23)n1. The molecule has 0 amide bonds. The van der Waals surface area contributed by atoms with Gasteiger partial charge >= 0.3 is 0 Å². The Kier molecular flexibility index (Phi) is 2.19. The zero-order valence-corrected chi connectivity index (χ0v) is 9.04. The molecule has 2 heterocycles. The summed E-state index contributed by atoms with van der Waals surface area (Å²) in [6.07, 6.45) is 5.25. The third-order valence-electron chi connectivity index (χ3n) is 2.60. The Balaban J connectivity index is 2.30. The predicted octanol–water partition coefficient (Wildman–Crippen LogP) is 2.27. The van der Waals surface area contributed by atoms with Gasteiger partial charge in [0.05, 0.1) is 0 Å². The van der Waals surface area contributed by atoms with Gasteiger partial charge in [-0.3, -0.25) is 4.98 Å². The van der Waals surface area contributed by atoms with Gasteiger partial charge < -0.3 is 5.73 Å². The Hall–Kier alpha value is -2.49. The second-order valence-electron chi connectivity index (χ2n) is 3.71. The van der Waals surface area contributed by atoms with Crippen LogP contribution in [0.1, 0.15) is 0 Å². The fraction of sp³-hybridized carbons (Fsp3) is 0. The second-order valence-corrected chi connectivity index (χ2v) is 3.71. The number of nitrogens with zero attached hydrogens (tertiary/aromatic N) is 3. The van der Waals surface area contributed by atoms with E-state index >= 15 is 0 Å². The van der Waals surface area contributed by atoms with Crippen LogP contribution in [0.3, 0.4) is 0 Å². The number of nitrogens with two attached hydrogens (primary N) is 1. The normalized spacial score (nSPS) is 10.6. The van der Waals surface area contributed by atoms with Crippen LogP contribution >= 0.6 is 0 Å². The minimum absolute atomic E-state index is 0.473. The summed E-state index contributed by atoms with van der Waals surface area (Å²) >= 11 is 0. The van der Waals surface area contributed by atoms with Crippen LogP contribution in [-0.4, -0.2) is 15.0 Å². The van der Waals surface area contributed by atoms with Gasteiger partial charge in [-0.15, -0.1) is 0 Å². The fourth-order valence-corrected chi connectivity index (χ4v) is 1.82. The van der Waals surface area contributed by atoms with Gasteiger partial charge in [0.25, 0.3) is 0 Å². The summed E-state index contributed by atoms with van der Waals surface area (Å²) in [5, 5.41) is 2.14. The van der Waals surface area contributed by atoms with Crippen LogP contribution in [0.5, 0.6) is 0 Å². The van der Waals surface area contributed by atoms with Crippen molar-refractivity contribution in [3.63, 3.8) is 0 Å². The van der Waals surface area contributed by atoms with E-state index in [9.17, 15) is 0 Å². The van der Waals surface area contributed by atoms with Crippen molar-refractivity contribution in [1.82, 2.24) is 15.0 Å². The molecule has 0 aliphatic rings. The van der Waals surface area contributed by atoms with E-state index in [1.807, 2.05) is 30.5 Å². The average molecular weight is 222 g/mol. The van der Waals surface area contributed by atoms with Gasteiger partial charge in [0.2, 0.25) is 0 Å². The maximum atomic E-state index is 5.68. The van der Waals surface area contributed by atoms with Gasteiger partial charge in [-0.25, -0.2) is 9.97 Å². The minimum Gasteiger partial charge on any atom is -0.384 e. The predicted molar refractivity (Wildman–Crippen MR) is 67.2 cm³/mol.